The first kappa shape index (κ1) is 13.5. The van der Waals surface area contributed by atoms with E-state index >= 15 is 0 Å². The van der Waals surface area contributed by atoms with Gasteiger partial charge in [-0.3, -0.25) is 4.79 Å². The molecule has 0 aliphatic carbocycles. The Bertz CT molecular complexity index is 427. The Morgan fingerprint density at radius 3 is 2.47 bits per heavy atom. The number of phenols is 1. The Balaban J connectivity index is 3.16. The summed E-state index contributed by atoms with van der Waals surface area (Å²) in [4.78, 5) is 10.8. The van der Waals surface area contributed by atoms with Gasteiger partial charge < -0.3 is 15.9 Å². The summed E-state index contributed by atoms with van der Waals surface area (Å²) >= 11 is 0. The lowest BCUT2D eigenvalue weighted by Gasteiger charge is -2.18. The molecule has 1 rings (SSSR count). The molecule has 0 aliphatic rings. The molecule has 1 aromatic carbocycles. The van der Waals surface area contributed by atoms with Crippen molar-refractivity contribution in [2.45, 2.75) is 39.2 Å². The summed E-state index contributed by atoms with van der Waals surface area (Å²) in [6.45, 7) is 5.86. The van der Waals surface area contributed by atoms with E-state index in [1.807, 2.05) is 20.8 Å². The number of nitrogens with two attached hydrogens (primary N) is 1. The number of aliphatic carboxylic acids is 1. The molecule has 0 aromatic heterocycles. The molecule has 1 atom stereocenters. The van der Waals surface area contributed by atoms with Gasteiger partial charge in [-0.2, -0.15) is 0 Å². The number of benzene rings is 1. The topological polar surface area (TPSA) is 83.5 Å². The Morgan fingerprint density at radius 1 is 1.41 bits per heavy atom. The van der Waals surface area contributed by atoms with Crippen molar-refractivity contribution >= 4 is 5.97 Å². The summed E-state index contributed by atoms with van der Waals surface area (Å²) in [6.07, 6.45) is 0.282. The molecule has 0 aliphatic heterocycles. The molecule has 4 N–H and O–H groups in total. The largest absolute Gasteiger partial charge is 0.508 e. The second-order valence-corrected chi connectivity index (χ2v) is 4.59. The van der Waals surface area contributed by atoms with E-state index in [0.717, 1.165) is 16.7 Å². The van der Waals surface area contributed by atoms with Crippen molar-refractivity contribution in [3.8, 4) is 5.75 Å². The van der Waals surface area contributed by atoms with Crippen LogP contribution in [0.5, 0.6) is 5.75 Å². The van der Waals surface area contributed by atoms with Crippen LogP contribution < -0.4 is 5.73 Å². The van der Waals surface area contributed by atoms with Crippen LogP contribution in [0, 0.1) is 6.92 Å². The molecule has 0 spiro atoms. The van der Waals surface area contributed by atoms with Crippen LogP contribution >= 0.6 is 0 Å². The highest BCUT2D eigenvalue weighted by molar-refractivity contribution is 5.73. The van der Waals surface area contributed by atoms with Crippen molar-refractivity contribution in [2.24, 2.45) is 5.73 Å². The minimum Gasteiger partial charge on any atom is -0.508 e. The molecule has 94 valence electrons. The van der Waals surface area contributed by atoms with E-state index in [9.17, 15) is 9.90 Å². The molecule has 4 nitrogen and oxygen atoms in total. The molecular weight excluding hydrogens is 218 g/mol. The van der Waals surface area contributed by atoms with Crippen LogP contribution in [-0.2, 0) is 11.2 Å². The van der Waals surface area contributed by atoms with Crippen LogP contribution in [0.1, 0.15) is 36.5 Å². The third-order valence-electron chi connectivity index (χ3n) is 2.91. The van der Waals surface area contributed by atoms with Gasteiger partial charge in [-0.05, 0) is 42.0 Å². The smallest absolute Gasteiger partial charge is 0.320 e. The summed E-state index contributed by atoms with van der Waals surface area (Å²) < 4.78 is 0. The lowest BCUT2D eigenvalue weighted by molar-refractivity contribution is -0.138. The van der Waals surface area contributed by atoms with Gasteiger partial charge in [-0.1, -0.05) is 19.9 Å². The average molecular weight is 237 g/mol. The normalized spacial score (nSPS) is 12.8. The van der Waals surface area contributed by atoms with Crippen LogP contribution in [0.3, 0.4) is 0 Å². The summed E-state index contributed by atoms with van der Waals surface area (Å²) in [7, 11) is 0. The minimum absolute atomic E-state index is 0.220. The van der Waals surface area contributed by atoms with Crippen LogP contribution in [-0.4, -0.2) is 22.2 Å². The number of rotatable bonds is 4. The number of carbonyl (C=O) groups is 1. The fraction of sp³-hybridized carbons (Fsp3) is 0.462. The number of aromatic hydroxyl groups is 1. The highest BCUT2D eigenvalue weighted by Crippen LogP contribution is 2.30. The van der Waals surface area contributed by atoms with Crippen molar-refractivity contribution in [1.82, 2.24) is 0 Å². The molecule has 4 heteroatoms. The Labute approximate surface area is 101 Å². The van der Waals surface area contributed by atoms with Gasteiger partial charge >= 0.3 is 5.97 Å². The van der Waals surface area contributed by atoms with Gasteiger partial charge in [0.2, 0.25) is 0 Å². The first-order valence-corrected chi connectivity index (χ1v) is 5.64. The van der Waals surface area contributed by atoms with Crippen molar-refractivity contribution in [3.05, 3.63) is 28.8 Å². The van der Waals surface area contributed by atoms with E-state index in [1.54, 1.807) is 12.1 Å². The molecule has 0 saturated carbocycles. The van der Waals surface area contributed by atoms with Gasteiger partial charge in [-0.15, -0.1) is 0 Å². The Hall–Kier alpha value is -1.55. The highest BCUT2D eigenvalue weighted by Gasteiger charge is 2.18. The first-order valence-electron chi connectivity index (χ1n) is 5.64. The second-order valence-electron chi connectivity index (χ2n) is 4.59. The van der Waals surface area contributed by atoms with E-state index in [0.29, 0.717) is 0 Å². The Kier molecular flexibility index (Phi) is 4.12. The summed E-state index contributed by atoms with van der Waals surface area (Å²) in [5.41, 5.74) is 8.23. The van der Waals surface area contributed by atoms with Crippen molar-refractivity contribution in [2.75, 3.05) is 0 Å². The number of phenolic OH excluding ortho intramolecular Hbond substituents is 1. The van der Waals surface area contributed by atoms with E-state index in [4.69, 9.17) is 10.8 Å². The number of carboxylic acids is 1. The molecule has 0 saturated heterocycles. The van der Waals surface area contributed by atoms with Gasteiger partial charge in [-0.25, -0.2) is 0 Å². The van der Waals surface area contributed by atoms with Gasteiger partial charge in [0, 0.05) is 0 Å². The molecule has 0 radical (unpaired) electrons. The molecule has 0 fully saturated rings. The van der Waals surface area contributed by atoms with Crippen LogP contribution in [0.15, 0.2) is 12.1 Å². The van der Waals surface area contributed by atoms with E-state index in [2.05, 4.69) is 0 Å². The lowest BCUT2D eigenvalue weighted by Crippen LogP contribution is -2.32. The predicted octanol–water partition coefficient (Wildman–Crippen LogP) is 1.78. The Morgan fingerprint density at radius 2 is 2.00 bits per heavy atom. The maximum atomic E-state index is 10.8. The molecule has 1 aromatic rings. The molecule has 17 heavy (non-hydrogen) atoms. The monoisotopic (exact) mass is 237 g/mol. The summed E-state index contributed by atoms with van der Waals surface area (Å²) in [6, 6.07) is 2.43. The van der Waals surface area contributed by atoms with Crippen LogP contribution in [0.2, 0.25) is 0 Å². The van der Waals surface area contributed by atoms with Gasteiger partial charge in [0.1, 0.15) is 11.8 Å². The zero-order valence-electron chi connectivity index (χ0n) is 10.4. The van der Waals surface area contributed by atoms with Crippen LogP contribution in [0.4, 0.5) is 0 Å². The van der Waals surface area contributed by atoms with E-state index in [-0.39, 0.29) is 18.1 Å². The SMILES string of the molecule is Cc1c(O)ccc(C[C@H](N)C(=O)O)c1C(C)C. The minimum atomic E-state index is -1.01. The summed E-state index contributed by atoms with van der Waals surface area (Å²) in [5, 5.41) is 18.5. The predicted molar refractivity (Wildman–Crippen MR) is 66.2 cm³/mol. The first-order chi connectivity index (χ1) is 7.84. The zero-order chi connectivity index (χ0) is 13.2. The summed E-state index contributed by atoms with van der Waals surface area (Å²) in [5.74, 6) is -0.551. The maximum Gasteiger partial charge on any atom is 0.320 e. The highest BCUT2D eigenvalue weighted by atomic mass is 16.4. The quantitative estimate of drug-likeness (QED) is 0.745. The number of carboxylic acid groups (broad SMARTS) is 1. The molecule has 0 heterocycles. The zero-order valence-corrected chi connectivity index (χ0v) is 10.4. The molecular formula is C13H19NO3. The molecule has 0 bridgehead atoms. The fourth-order valence-corrected chi connectivity index (χ4v) is 2.08. The van der Waals surface area contributed by atoms with Gasteiger partial charge in [0.05, 0.1) is 0 Å². The van der Waals surface area contributed by atoms with Crippen molar-refractivity contribution in [3.63, 3.8) is 0 Å². The third kappa shape index (κ3) is 2.97. The number of hydrogen-bond acceptors (Lipinski definition) is 3. The standard InChI is InChI=1S/C13H19NO3/c1-7(2)12-8(3)11(15)5-4-9(12)6-10(14)13(16)17/h4-5,7,10,15H,6,14H2,1-3H3,(H,16,17)/t10-/m0/s1. The van der Waals surface area contributed by atoms with E-state index in [1.165, 1.54) is 0 Å². The third-order valence-corrected chi connectivity index (χ3v) is 2.91. The fourth-order valence-electron chi connectivity index (χ4n) is 2.08. The lowest BCUT2D eigenvalue weighted by atomic mass is 9.89. The van der Waals surface area contributed by atoms with Crippen molar-refractivity contribution < 1.29 is 15.0 Å². The second kappa shape index (κ2) is 5.19. The molecule has 0 unspecified atom stereocenters. The average Bonchev–Trinajstić information content (AvgIpc) is 2.22. The van der Waals surface area contributed by atoms with Gasteiger partial charge in [0.15, 0.2) is 0 Å². The van der Waals surface area contributed by atoms with Crippen LogP contribution in [0.25, 0.3) is 0 Å². The van der Waals surface area contributed by atoms with Gasteiger partial charge in [0.25, 0.3) is 0 Å². The molecule has 0 amide bonds. The number of hydrogen-bond donors (Lipinski definition) is 3. The van der Waals surface area contributed by atoms with Crippen molar-refractivity contribution in [1.29, 1.82) is 0 Å². The maximum absolute atomic E-state index is 10.8. The van der Waals surface area contributed by atoms with E-state index < -0.39 is 12.0 Å².